The van der Waals surface area contributed by atoms with Crippen LogP contribution >= 0.6 is 0 Å². The number of pyridine rings is 1. The normalized spacial score (nSPS) is 16.2. The summed E-state index contributed by atoms with van der Waals surface area (Å²) in [6, 6.07) is 43.1. The van der Waals surface area contributed by atoms with Gasteiger partial charge in [0.05, 0.1) is 22.9 Å². The van der Waals surface area contributed by atoms with Gasteiger partial charge in [-0.05, 0) is 115 Å². The molecule has 2 heterocycles. The molecule has 230 valence electrons. The number of anilines is 1. The second-order valence-electron chi connectivity index (χ2n) is 13.8. The van der Waals surface area contributed by atoms with Crippen LogP contribution in [-0.4, -0.2) is 11.0 Å². The summed E-state index contributed by atoms with van der Waals surface area (Å²) in [7, 11) is 0. The van der Waals surface area contributed by atoms with Crippen molar-refractivity contribution in [2.45, 2.75) is 25.3 Å². The van der Waals surface area contributed by atoms with Crippen molar-refractivity contribution in [1.82, 2.24) is 4.98 Å². The first kappa shape index (κ1) is 27.0. The van der Waals surface area contributed by atoms with Gasteiger partial charge in [-0.15, -0.1) is 0 Å². The first-order chi connectivity index (χ1) is 24.3. The Morgan fingerprint density at radius 2 is 1.51 bits per heavy atom. The molecular formula is C47H32N2. The highest BCUT2D eigenvalue weighted by atomic mass is 14.9. The molecule has 1 unspecified atom stereocenters. The van der Waals surface area contributed by atoms with Crippen LogP contribution in [0.5, 0.6) is 0 Å². The van der Waals surface area contributed by atoms with E-state index in [1.54, 1.807) is 0 Å². The van der Waals surface area contributed by atoms with Crippen molar-refractivity contribution in [3.05, 3.63) is 162 Å². The first-order valence-electron chi connectivity index (χ1n) is 17.4. The van der Waals surface area contributed by atoms with E-state index >= 15 is 0 Å². The molecule has 0 saturated heterocycles. The SMILES string of the molecule is C1=CCCC(C2C=Cc3ccc4ccc(-c5ccc(-c6ccc7c(c6)-c6cc8c(c9cccc-7c69)-c6ccccc6C8)cc5)nc4c3N2)=C1. The molecule has 49 heavy (non-hydrogen) atoms. The van der Waals surface area contributed by atoms with Crippen LogP contribution in [0.3, 0.4) is 0 Å². The molecule has 0 radical (unpaired) electrons. The Kier molecular flexibility index (Phi) is 5.65. The predicted molar refractivity (Wildman–Crippen MR) is 206 cm³/mol. The number of hydrogen-bond acceptors (Lipinski definition) is 2. The Morgan fingerprint density at radius 3 is 2.43 bits per heavy atom. The number of nitrogens with zero attached hydrogens (tertiary/aromatic N) is 1. The second kappa shape index (κ2) is 10.3. The van der Waals surface area contributed by atoms with Gasteiger partial charge < -0.3 is 5.32 Å². The fraction of sp³-hybridized carbons (Fsp3) is 0.0851. The van der Waals surface area contributed by atoms with E-state index in [1.165, 1.54) is 77.5 Å². The molecule has 1 aromatic heterocycles. The lowest BCUT2D eigenvalue weighted by Crippen LogP contribution is -2.23. The van der Waals surface area contributed by atoms with Crippen LogP contribution in [0.25, 0.3) is 83.5 Å². The van der Waals surface area contributed by atoms with E-state index < -0.39 is 0 Å². The van der Waals surface area contributed by atoms with Crippen molar-refractivity contribution in [3.8, 4) is 55.8 Å². The molecule has 0 fully saturated rings. The van der Waals surface area contributed by atoms with Gasteiger partial charge in [0.1, 0.15) is 0 Å². The highest BCUT2D eigenvalue weighted by Crippen LogP contribution is 2.53. The Labute approximate surface area is 285 Å². The zero-order valence-corrected chi connectivity index (χ0v) is 27.0. The molecule has 0 spiro atoms. The van der Waals surface area contributed by atoms with E-state index in [0.29, 0.717) is 0 Å². The number of nitrogens with one attached hydrogen (secondary N) is 1. The predicted octanol–water partition coefficient (Wildman–Crippen LogP) is 12.0. The summed E-state index contributed by atoms with van der Waals surface area (Å²) in [5.74, 6) is 0. The third kappa shape index (κ3) is 4.04. The third-order valence-corrected chi connectivity index (χ3v) is 11.1. The van der Waals surface area contributed by atoms with Crippen molar-refractivity contribution >= 4 is 33.4 Å². The van der Waals surface area contributed by atoms with E-state index in [9.17, 15) is 0 Å². The molecule has 2 nitrogen and oxygen atoms in total. The van der Waals surface area contributed by atoms with Crippen LogP contribution in [0.2, 0.25) is 0 Å². The molecule has 2 heteroatoms. The van der Waals surface area contributed by atoms with E-state index in [4.69, 9.17) is 4.98 Å². The molecule has 0 bridgehead atoms. The minimum atomic E-state index is 0.206. The van der Waals surface area contributed by atoms with Crippen molar-refractivity contribution in [3.63, 3.8) is 0 Å². The van der Waals surface area contributed by atoms with Gasteiger partial charge in [0.15, 0.2) is 0 Å². The lowest BCUT2D eigenvalue weighted by atomic mass is 9.93. The Balaban J connectivity index is 0.945. The third-order valence-electron chi connectivity index (χ3n) is 11.1. The van der Waals surface area contributed by atoms with E-state index in [0.717, 1.165) is 47.1 Å². The summed E-state index contributed by atoms with van der Waals surface area (Å²) in [6.45, 7) is 0. The number of aromatic nitrogens is 1. The smallest absolute Gasteiger partial charge is 0.0947 e. The highest BCUT2D eigenvalue weighted by molar-refractivity contribution is 6.20. The first-order valence-corrected chi connectivity index (χ1v) is 17.4. The van der Waals surface area contributed by atoms with Crippen molar-refractivity contribution < 1.29 is 0 Å². The van der Waals surface area contributed by atoms with Crippen molar-refractivity contribution in [2.24, 2.45) is 0 Å². The molecule has 6 aromatic carbocycles. The van der Waals surface area contributed by atoms with E-state index in [2.05, 4.69) is 151 Å². The van der Waals surface area contributed by atoms with Crippen LogP contribution in [0.4, 0.5) is 5.69 Å². The van der Waals surface area contributed by atoms with Gasteiger partial charge in [-0.25, -0.2) is 4.98 Å². The van der Waals surface area contributed by atoms with Gasteiger partial charge in [-0.2, -0.15) is 0 Å². The monoisotopic (exact) mass is 624 g/mol. The van der Waals surface area contributed by atoms with E-state index in [-0.39, 0.29) is 6.04 Å². The molecule has 0 amide bonds. The maximum Gasteiger partial charge on any atom is 0.0947 e. The number of benzene rings is 6. The standard InChI is InChI=1S/C47H32N2/c1-2-7-29(8-3-1)42-23-20-31-17-18-32-21-24-43(49-47(32)46(31)48-42)30-15-13-28(14-16-30)33-19-22-37-38-11-6-12-39-44-35(25-34-9-4-5-10-36(34)44)27-41(45(38)39)40(37)26-33/h1-2,4-7,9-24,26-27,42,48H,3,8,25H2. The Morgan fingerprint density at radius 1 is 0.653 bits per heavy atom. The van der Waals surface area contributed by atoms with Crippen LogP contribution in [0.1, 0.15) is 29.5 Å². The Bertz CT molecular complexity index is 2650. The highest BCUT2D eigenvalue weighted by Gasteiger charge is 2.28. The lowest BCUT2D eigenvalue weighted by Gasteiger charge is -2.26. The molecule has 1 N–H and O–H groups in total. The number of hydrogen-bond donors (Lipinski definition) is 1. The largest absolute Gasteiger partial charge is 0.373 e. The lowest BCUT2D eigenvalue weighted by molar-refractivity contribution is 0.866. The number of rotatable bonds is 3. The van der Waals surface area contributed by atoms with E-state index in [1.807, 2.05) is 0 Å². The van der Waals surface area contributed by atoms with Crippen LogP contribution in [0.15, 0.2) is 145 Å². The van der Waals surface area contributed by atoms with Gasteiger partial charge in [-0.1, -0.05) is 127 Å². The maximum absolute atomic E-state index is 5.25. The molecule has 7 aromatic rings. The van der Waals surface area contributed by atoms with Crippen LogP contribution in [-0.2, 0) is 6.42 Å². The quantitative estimate of drug-likeness (QED) is 0.212. The molecule has 4 aliphatic rings. The Hall–Kier alpha value is -5.99. The number of allylic oxidation sites excluding steroid dienone is 3. The fourth-order valence-electron chi connectivity index (χ4n) is 8.73. The zero-order chi connectivity index (χ0) is 32.1. The van der Waals surface area contributed by atoms with Crippen LogP contribution < -0.4 is 5.32 Å². The summed E-state index contributed by atoms with van der Waals surface area (Å²) in [5, 5.41) is 7.75. The van der Waals surface area contributed by atoms with Crippen molar-refractivity contribution in [1.29, 1.82) is 0 Å². The van der Waals surface area contributed by atoms with Gasteiger partial charge in [0.25, 0.3) is 0 Å². The summed E-state index contributed by atoms with van der Waals surface area (Å²) < 4.78 is 0. The second-order valence-corrected chi connectivity index (χ2v) is 13.8. The maximum atomic E-state index is 5.25. The summed E-state index contributed by atoms with van der Waals surface area (Å²) in [5.41, 5.74) is 20.4. The minimum absolute atomic E-state index is 0.206. The molecule has 3 aliphatic carbocycles. The molecule has 1 aliphatic heterocycles. The average molecular weight is 625 g/mol. The topological polar surface area (TPSA) is 24.9 Å². The molecule has 1 atom stereocenters. The summed E-state index contributed by atoms with van der Waals surface area (Å²) >= 11 is 0. The van der Waals surface area contributed by atoms with Crippen LogP contribution in [0, 0.1) is 0 Å². The average Bonchev–Trinajstić information content (AvgIpc) is 3.71. The minimum Gasteiger partial charge on any atom is -0.373 e. The summed E-state index contributed by atoms with van der Waals surface area (Å²) in [6.07, 6.45) is 14.4. The van der Waals surface area contributed by atoms with Crippen molar-refractivity contribution in [2.75, 3.05) is 5.32 Å². The van der Waals surface area contributed by atoms with Gasteiger partial charge in [0.2, 0.25) is 0 Å². The molecule has 0 saturated carbocycles. The molecular weight excluding hydrogens is 593 g/mol. The van der Waals surface area contributed by atoms with Gasteiger partial charge in [-0.3, -0.25) is 0 Å². The zero-order valence-electron chi connectivity index (χ0n) is 27.0. The van der Waals surface area contributed by atoms with Gasteiger partial charge in [0, 0.05) is 10.9 Å². The number of fused-ring (bicyclic) bond motifs is 10. The summed E-state index contributed by atoms with van der Waals surface area (Å²) in [4.78, 5) is 5.25. The van der Waals surface area contributed by atoms with Gasteiger partial charge >= 0.3 is 0 Å². The fourth-order valence-corrected chi connectivity index (χ4v) is 8.73. The molecule has 11 rings (SSSR count).